The summed E-state index contributed by atoms with van der Waals surface area (Å²) in [7, 11) is 0. The van der Waals surface area contributed by atoms with Gasteiger partial charge in [0.15, 0.2) is 0 Å². The molecule has 2 fully saturated rings. The molecule has 2 saturated heterocycles. The van der Waals surface area contributed by atoms with Crippen LogP contribution in [0.2, 0.25) is 0 Å². The molecule has 1 amide bonds. The molecule has 2 aliphatic heterocycles. The molecule has 2 heterocycles. The van der Waals surface area contributed by atoms with Gasteiger partial charge < -0.3 is 20.1 Å². The number of benzene rings is 1. The molecular weight excluding hydrogens is 256 g/mol. The van der Waals surface area contributed by atoms with Crippen molar-refractivity contribution in [1.82, 2.24) is 5.32 Å². The maximum atomic E-state index is 12.1. The van der Waals surface area contributed by atoms with Crippen molar-refractivity contribution >= 4 is 11.6 Å². The number of anilines is 1. The van der Waals surface area contributed by atoms with Gasteiger partial charge in [0.2, 0.25) is 0 Å². The number of hydrogen-bond acceptors (Lipinski definition) is 4. The minimum Gasteiger partial charge on any atom is -0.508 e. The van der Waals surface area contributed by atoms with Crippen molar-refractivity contribution in [2.75, 3.05) is 31.1 Å². The smallest absolute Gasteiger partial charge is 0.253 e. The molecule has 5 nitrogen and oxygen atoms in total. The normalized spacial score (nSPS) is 27.6. The predicted octanol–water partition coefficient (Wildman–Crippen LogP) is 1.27. The minimum absolute atomic E-state index is 0.0153. The van der Waals surface area contributed by atoms with Crippen LogP contribution in [-0.2, 0) is 9.53 Å². The predicted molar refractivity (Wildman–Crippen MR) is 75.9 cm³/mol. The Morgan fingerprint density at radius 3 is 2.80 bits per heavy atom. The van der Waals surface area contributed by atoms with Crippen LogP contribution in [0.3, 0.4) is 0 Å². The first-order valence-corrected chi connectivity index (χ1v) is 7.13. The van der Waals surface area contributed by atoms with Crippen LogP contribution < -0.4 is 10.2 Å². The van der Waals surface area contributed by atoms with Gasteiger partial charge in [-0.15, -0.1) is 0 Å². The standard InChI is InChI=1S/C15H20N2O3/c18-13-4-2-12(3-5-13)17-11-15(20-10-14(17)19)6-1-8-16-9-7-15/h2-5,16,18H,1,6-11H2. The summed E-state index contributed by atoms with van der Waals surface area (Å²) in [6.45, 7) is 2.68. The molecule has 20 heavy (non-hydrogen) atoms. The van der Waals surface area contributed by atoms with E-state index in [-0.39, 0.29) is 23.9 Å². The summed E-state index contributed by atoms with van der Waals surface area (Å²) in [5.74, 6) is 0.196. The van der Waals surface area contributed by atoms with E-state index in [9.17, 15) is 9.90 Å². The van der Waals surface area contributed by atoms with Crippen molar-refractivity contribution in [3.63, 3.8) is 0 Å². The first kappa shape index (κ1) is 13.4. The first-order chi connectivity index (χ1) is 9.69. The van der Waals surface area contributed by atoms with Crippen molar-refractivity contribution < 1.29 is 14.6 Å². The highest BCUT2D eigenvalue weighted by molar-refractivity contribution is 5.95. The van der Waals surface area contributed by atoms with Gasteiger partial charge in [-0.25, -0.2) is 0 Å². The lowest BCUT2D eigenvalue weighted by molar-refractivity contribution is -0.139. The van der Waals surface area contributed by atoms with Crippen LogP contribution in [0.5, 0.6) is 5.75 Å². The molecule has 2 N–H and O–H groups in total. The van der Waals surface area contributed by atoms with Gasteiger partial charge in [0, 0.05) is 5.69 Å². The summed E-state index contributed by atoms with van der Waals surface area (Å²) in [6.07, 6.45) is 2.97. The van der Waals surface area contributed by atoms with Gasteiger partial charge >= 0.3 is 0 Å². The van der Waals surface area contributed by atoms with Crippen LogP contribution in [0.1, 0.15) is 19.3 Å². The maximum Gasteiger partial charge on any atom is 0.253 e. The number of carbonyl (C=O) groups is 1. The van der Waals surface area contributed by atoms with E-state index in [4.69, 9.17) is 4.74 Å². The number of phenols is 1. The fraction of sp³-hybridized carbons (Fsp3) is 0.533. The Morgan fingerprint density at radius 2 is 2.00 bits per heavy atom. The van der Waals surface area contributed by atoms with Crippen molar-refractivity contribution in [2.24, 2.45) is 0 Å². The molecule has 1 spiro atoms. The monoisotopic (exact) mass is 276 g/mol. The van der Waals surface area contributed by atoms with E-state index >= 15 is 0 Å². The fourth-order valence-corrected chi connectivity index (χ4v) is 2.99. The molecule has 0 aromatic heterocycles. The molecule has 1 aromatic rings. The number of aromatic hydroxyl groups is 1. The molecule has 3 rings (SSSR count). The average Bonchev–Trinajstić information content (AvgIpc) is 2.69. The summed E-state index contributed by atoms with van der Waals surface area (Å²) >= 11 is 0. The van der Waals surface area contributed by atoms with Gasteiger partial charge in [0.05, 0.1) is 12.1 Å². The quantitative estimate of drug-likeness (QED) is 0.811. The number of rotatable bonds is 1. The molecule has 0 saturated carbocycles. The summed E-state index contributed by atoms with van der Waals surface area (Å²) in [4.78, 5) is 13.9. The van der Waals surface area contributed by atoms with E-state index in [1.165, 1.54) is 0 Å². The number of hydrogen-bond donors (Lipinski definition) is 2. The summed E-state index contributed by atoms with van der Waals surface area (Å²) in [5, 5.41) is 12.7. The van der Waals surface area contributed by atoms with E-state index in [0.29, 0.717) is 6.54 Å². The Hall–Kier alpha value is -1.59. The van der Waals surface area contributed by atoms with Crippen LogP contribution in [0.15, 0.2) is 24.3 Å². The zero-order valence-corrected chi connectivity index (χ0v) is 11.5. The molecule has 1 atom stereocenters. The van der Waals surface area contributed by atoms with Crippen LogP contribution in [-0.4, -0.2) is 42.9 Å². The van der Waals surface area contributed by atoms with E-state index in [1.54, 1.807) is 29.2 Å². The van der Waals surface area contributed by atoms with Crippen molar-refractivity contribution in [3.05, 3.63) is 24.3 Å². The zero-order chi connectivity index (χ0) is 14.0. The van der Waals surface area contributed by atoms with Crippen molar-refractivity contribution in [3.8, 4) is 5.75 Å². The van der Waals surface area contributed by atoms with Gasteiger partial charge in [-0.2, -0.15) is 0 Å². The first-order valence-electron chi connectivity index (χ1n) is 7.13. The topological polar surface area (TPSA) is 61.8 Å². The molecular formula is C15H20N2O3. The third kappa shape index (κ3) is 2.64. The fourth-order valence-electron chi connectivity index (χ4n) is 2.99. The number of amides is 1. The molecule has 1 aromatic carbocycles. The van der Waals surface area contributed by atoms with Gasteiger partial charge in [-0.1, -0.05) is 0 Å². The molecule has 108 valence electrons. The third-order valence-corrected chi connectivity index (χ3v) is 4.15. The lowest BCUT2D eigenvalue weighted by Crippen LogP contribution is -2.55. The number of morpholine rings is 1. The van der Waals surface area contributed by atoms with E-state index in [2.05, 4.69) is 5.32 Å². The Bertz CT molecular complexity index is 478. The lowest BCUT2D eigenvalue weighted by atomic mass is 9.92. The van der Waals surface area contributed by atoms with Crippen molar-refractivity contribution in [2.45, 2.75) is 24.9 Å². The van der Waals surface area contributed by atoms with E-state index < -0.39 is 0 Å². The highest BCUT2D eigenvalue weighted by atomic mass is 16.5. The Kier molecular flexibility index (Phi) is 3.63. The molecule has 1 unspecified atom stereocenters. The zero-order valence-electron chi connectivity index (χ0n) is 11.5. The SMILES string of the molecule is O=C1COC2(CCCNCC2)CN1c1ccc(O)cc1. The second kappa shape index (κ2) is 5.42. The summed E-state index contributed by atoms with van der Waals surface area (Å²) in [5.41, 5.74) is 0.600. The maximum absolute atomic E-state index is 12.1. The number of carbonyl (C=O) groups excluding carboxylic acids is 1. The summed E-state index contributed by atoms with van der Waals surface area (Å²) in [6, 6.07) is 6.78. The Morgan fingerprint density at radius 1 is 1.20 bits per heavy atom. The minimum atomic E-state index is -0.227. The highest BCUT2D eigenvalue weighted by Gasteiger charge is 2.40. The molecule has 5 heteroatoms. The Labute approximate surface area is 118 Å². The van der Waals surface area contributed by atoms with Crippen LogP contribution in [0, 0.1) is 0 Å². The highest BCUT2D eigenvalue weighted by Crippen LogP contribution is 2.31. The van der Waals surface area contributed by atoms with Crippen LogP contribution in [0.25, 0.3) is 0 Å². The number of nitrogens with one attached hydrogen (secondary N) is 1. The van der Waals surface area contributed by atoms with Crippen LogP contribution >= 0.6 is 0 Å². The van der Waals surface area contributed by atoms with Gasteiger partial charge in [0.25, 0.3) is 5.91 Å². The van der Waals surface area contributed by atoms with Crippen LogP contribution in [0.4, 0.5) is 5.69 Å². The molecule has 2 aliphatic rings. The van der Waals surface area contributed by atoms with E-state index in [0.717, 1.165) is 38.0 Å². The van der Waals surface area contributed by atoms with Gasteiger partial charge in [0.1, 0.15) is 12.4 Å². The lowest BCUT2D eigenvalue weighted by Gasteiger charge is -2.42. The van der Waals surface area contributed by atoms with E-state index in [1.807, 2.05) is 0 Å². The third-order valence-electron chi connectivity index (χ3n) is 4.15. The molecule has 0 bridgehead atoms. The largest absolute Gasteiger partial charge is 0.508 e. The van der Waals surface area contributed by atoms with Gasteiger partial charge in [-0.3, -0.25) is 4.79 Å². The second-order valence-electron chi connectivity index (χ2n) is 5.57. The molecule has 0 aliphatic carbocycles. The molecule has 0 radical (unpaired) electrons. The van der Waals surface area contributed by atoms with Crippen molar-refractivity contribution in [1.29, 1.82) is 0 Å². The average molecular weight is 276 g/mol. The summed E-state index contributed by atoms with van der Waals surface area (Å²) < 4.78 is 5.89. The number of ether oxygens (including phenoxy) is 1. The number of phenolic OH excluding ortho intramolecular Hbond substituents is 1. The number of nitrogens with zero attached hydrogens (tertiary/aromatic N) is 1. The van der Waals surface area contributed by atoms with Gasteiger partial charge in [-0.05, 0) is 56.6 Å². The second-order valence-corrected chi connectivity index (χ2v) is 5.57. The Balaban J connectivity index is 1.82.